The van der Waals surface area contributed by atoms with Gasteiger partial charge in [0.05, 0.1) is 7.11 Å². The molecule has 0 amide bonds. The molecule has 0 radical (unpaired) electrons. The molecule has 0 aromatic carbocycles. The third-order valence-corrected chi connectivity index (χ3v) is 4.01. The minimum atomic E-state index is -3.54. The lowest BCUT2D eigenvalue weighted by molar-refractivity contribution is 0.0123. The molecule has 100 valence electrons. The van der Waals surface area contributed by atoms with Crippen LogP contribution in [0.2, 0.25) is 0 Å². The molecule has 1 aliphatic rings. The van der Waals surface area contributed by atoms with Crippen molar-refractivity contribution in [1.82, 2.24) is 5.16 Å². The van der Waals surface area contributed by atoms with Crippen molar-refractivity contribution in [3.8, 4) is 5.88 Å². The lowest BCUT2D eigenvalue weighted by Crippen LogP contribution is -2.23. The Bertz CT molecular complexity index is 573. The fourth-order valence-corrected chi connectivity index (χ4v) is 2.89. The standard InChI is InChI=1S/C10H14N2O5S/c1-10(2)5-9(12-17-10)18(13,14)6-7-4-8(15-3)11-16-7/h4H,5-6H2,1-3H3. The molecule has 0 N–H and O–H groups in total. The lowest BCUT2D eigenvalue weighted by atomic mass is 10.1. The van der Waals surface area contributed by atoms with Crippen LogP contribution in [0.25, 0.3) is 0 Å². The van der Waals surface area contributed by atoms with E-state index in [1.54, 1.807) is 13.8 Å². The third-order valence-electron chi connectivity index (χ3n) is 2.41. The lowest BCUT2D eigenvalue weighted by Gasteiger charge is -2.12. The van der Waals surface area contributed by atoms with Crippen molar-refractivity contribution in [3.63, 3.8) is 0 Å². The number of ether oxygens (including phenoxy) is 1. The van der Waals surface area contributed by atoms with Crippen molar-refractivity contribution in [1.29, 1.82) is 0 Å². The quantitative estimate of drug-likeness (QED) is 0.820. The van der Waals surface area contributed by atoms with Gasteiger partial charge in [0.25, 0.3) is 5.88 Å². The van der Waals surface area contributed by atoms with E-state index in [1.165, 1.54) is 13.2 Å². The average molecular weight is 274 g/mol. The molecular formula is C10H14N2O5S. The van der Waals surface area contributed by atoms with E-state index in [-0.39, 0.29) is 28.9 Å². The van der Waals surface area contributed by atoms with Crippen LogP contribution in [0.4, 0.5) is 0 Å². The van der Waals surface area contributed by atoms with Crippen LogP contribution in [-0.2, 0) is 20.4 Å². The van der Waals surface area contributed by atoms with Gasteiger partial charge in [0, 0.05) is 12.5 Å². The zero-order valence-corrected chi connectivity index (χ0v) is 11.2. The minimum absolute atomic E-state index is 0.0304. The molecule has 0 atom stereocenters. The highest BCUT2D eigenvalue weighted by Crippen LogP contribution is 2.26. The molecule has 0 spiro atoms. The normalized spacial score (nSPS) is 18.3. The van der Waals surface area contributed by atoms with Crippen molar-refractivity contribution in [2.24, 2.45) is 5.16 Å². The van der Waals surface area contributed by atoms with Crippen LogP contribution in [0.5, 0.6) is 5.88 Å². The summed E-state index contributed by atoms with van der Waals surface area (Å²) in [6.45, 7) is 3.55. The van der Waals surface area contributed by atoms with Crippen LogP contribution >= 0.6 is 0 Å². The number of rotatable bonds is 3. The molecule has 1 aromatic rings. The van der Waals surface area contributed by atoms with E-state index in [0.717, 1.165) is 0 Å². The van der Waals surface area contributed by atoms with E-state index in [4.69, 9.17) is 14.1 Å². The monoisotopic (exact) mass is 274 g/mol. The molecule has 0 fully saturated rings. The Labute approximate surface area is 105 Å². The summed E-state index contributed by atoms with van der Waals surface area (Å²) in [4.78, 5) is 5.04. The molecule has 7 nitrogen and oxygen atoms in total. The first kappa shape index (κ1) is 12.9. The summed E-state index contributed by atoms with van der Waals surface area (Å²) < 4.78 is 33.8. The Morgan fingerprint density at radius 3 is 2.72 bits per heavy atom. The highest BCUT2D eigenvalue weighted by Gasteiger charge is 2.36. The van der Waals surface area contributed by atoms with E-state index in [1.807, 2.05) is 0 Å². The molecule has 0 saturated carbocycles. The maximum Gasteiger partial charge on any atom is 0.254 e. The topological polar surface area (TPSA) is 91.0 Å². The van der Waals surface area contributed by atoms with Gasteiger partial charge in [-0.05, 0) is 19.0 Å². The van der Waals surface area contributed by atoms with Gasteiger partial charge in [0.1, 0.15) is 11.4 Å². The number of hydrogen-bond acceptors (Lipinski definition) is 7. The van der Waals surface area contributed by atoms with Crippen LogP contribution in [-0.4, -0.2) is 31.3 Å². The fraction of sp³-hybridized carbons (Fsp3) is 0.600. The minimum Gasteiger partial charge on any atom is -0.479 e. The smallest absolute Gasteiger partial charge is 0.254 e. The second-order valence-electron chi connectivity index (χ2n) is 4.61. The molecule has 2 rings (SSSR count). The Balaban J connectivity index is 2.13. The predicted molar refractivity (Wildman–Crippen MR) is 62.9 cm³/mol. The fourth-order valence-electron chi connectivity index (χ4n) is 1.50. The Kier molecular flexibility index (Phi) is 3.05. The predicted octanol–water partition coefficient (Wildman–Crippen LogP) is 1.11. The van der Waals surface area contributed by atoms with Gasteiger partial charge in [-0.1, -0.05) is 5.16 Å². The van der Waals surface area contributed by atoms with Gasteiger partial charge in [-0.3, -0.25) is 0 Å². The molecule has 0 unspecified atom stereocenters. The van der Waals surface area contributed by atoms with Crippen LogP contribution in [0.15, 0.2) is 15.7 Å². The van der Waals surface area contributed by atoms with Gasteiger partial charge in [0.15, 0.2) is 10.8 Å². The zero-order chi connectivity index (χ0) is 13.4. The Morgan fingerprint density at radius 1 is 1.50 bits per heavy atom. The van der Waals surface area contributed by atoms with Crippen LogP contribution in [0.3, 0.4) is 0 Å². The molecule has 18 heavy (non-hydrogen) atoms. The zero-order valence-electron chi connectivity index (χ0n) is 10.3. The number of sulfone groups is 1. The summed E-state index contributed by atoms with van der Waals surface area (Å²) in [7, 11) is -2.12. The molecule has 0 saturated heterocycles. The first-order valence-electron chi connectivity index (χ1n) is 5.30. The number of aromatic nitrogens is 1. The van der Waals surface area contributed by atoms with Crippen molar-refractivity contribution in [3.05, 3.63) is 11.8 Å². The molecule has 2 heterocycles. The molecule has 8 heteroatoms. The first-order valence-corrected chi connectivity index (χ1v) is 6.95. The van der Waals surface area contributed by atoms with Crippen molar-refractivity contribution in [2.75, 3.05) is 7.11 Å². The van der Waals surface area contributed by atoms with E-state index in [0.29, 0.717) is 0 Å². The van der Waals surface area contributed by atoms with Gasteiger partial charge in [0.2, 0.25) is 9.84 Å². The largest absolute Gasteiger partial charge is 0.479 e. The van der Waals surface area contributed by atoms with Crippen molar-refractivity contribution < 1.29 is 22.5 Å². The maximum atomic E-state index is 12.0. The molecular weight excluding hydrogens is 260 g/mol. The molecule has 0 bridgehead atoms. The highest BCUT2D eigenvalue weighted by molar-refractivity contribution is 8.05. The number of hydrogen-bond donors (Lipinski definition) is 0. The van der Waals surface area contributed by atoms with E-state index in [9.17, 15) is 8.42 Å². The number of nitrogens with zero attached hydrogens (tertiary/aromatic N) is 2. The summed E-state index contributed by atoms with van der Waals surface area (Å²) in [6, 6.07) is 1.43. The number of oxime groups is 1. The molecule has 1 aliphatic heterocycles. The second-order valence-corrected chi connectivity index (χ2v) is 6.60. The molecule has 1 aromatic heterocycles. The SMILES string of the molecule is COc1cc(CS(=O)(=O)C2=NOC(C)(C)C2)on1. The van der Waals surface area contributed by atoms with E-state index >= 15 is 0 Å². The Morgan fingerprint density at radius 2 is 2.22 bits per heavy atom. The van der Waals surface area contributed by atoms with Crippen LogP contribution in [0, 0.1) is 0 Å². The van der Waals surface area contributed by atoms with Crippen LogP contribution in [0.1, 0.15) is 26.0 Å². The summed E-state index contributed by atoms with van der Waals surface area (Å²) in [6.07, 6.45) is 0.251. The van der Waals surface area contributed by atoms with Crippen molar-refractivity contribution >= 4 is 14.9 Å². The maximum absolute atomic E-state index is 12.0. The Hall–Kier alpha value is -1.57. The van der Waals surface area contributed by atoms with Crippen molar-refractivity contribution in [2.45, 2.75) is 31.6 Å². The summed E-state index contributed by atoms with van der Waals surface area (Å²) >= 11 is 0. The highest BCUT2D eigenvalue weighted by atomic mass is 32.2. The summed E-state index contributed by atoms with van der Waals surface area (Å²) in [5.74, 6) is 0.145. The van der Waals surface area contributed by atoms with E-state index < -0.39 is 15.4 Å². The summed E-state index contributed by atoms with van der Waals surface area (Å²) in [5, 5.41) is 7.19. The average Bonchev–Trinajstić information content (AvgIpc) is 2.84. The number of methoxy groups -OCH3 is 1. The van der Waals surface area contributed by atoms with Gasteiger partial charge >= 0.3 is 0 Å². The van der Waals surface area contributed by atoms with Gasteiger partial charge in [-0.25, -0.2) is 8.42 Å². The second kappa shape index (κ2) is 4.27. The van der Waals surface area contributed by atoms with Gasteiger partial charge in [-0.15, -0.1) is 0 Å². The summed E-state index contributed by atoms with van der Waals surface area (Å²) in [5.41, 5.74) is -0.582. The third kappa shape index (κ3) is 2.63. The van der Waals surface area contributed by atoms with Gasteiger partial charge in [-0.2, -0.15) is 0 Å². The van der Waals surface area contributed by atoms with Crippen LogP contribution < -0.4 is 4.74 Å². The van der Waals surface area contributed by atoms with Gasteiger partial charge < -0.3 is 14.1 Å². The molecule has 0 aliphatic carbocycles. The van der Waals surface area contributed by atoms with E-state index in [2.05, 4.69) is 10.3 Å². The first-order chi connectivity index (χ1) is 8.32.